The normalized spacial score (nSPS) is 11.9. The Kier molecular flexibility index (Phi) is 6.42. The first-order chi connectivity index (χ1) is 11.8. The SMILES string of the molecule is CCC(C)NC(=O)c1cccc(CNC(=O)c2c(C)oc(C)c2Br)c1. The van der Waals surface area contributed by atoms with Crippen LogP contribution in [0.1, 0.15) is 58.1 Å². The number of carbonyl (C=O) groups is 2. The Hall–Kier alpha value is -2.08. The maximum atomic E-state index is 12.4. The first-order valence-electron chi connectivity index (χ1n) is 8.27. The molecule has 25 heavy (non-hydrogen) atoms. The molecule has 0 radical (unpaired) electrons. The first kappa shape index (κ1) is 19.2. The van der Waals surface area contributed by atoms with Crippen LogP contribution in [0.25, 0.3) is 0 Å². The highest BCUT2D eigenvalue weighted by molar-refractivity contribution is 9.10. The molecule has 0 saturated carbocycles. The van der Waals surface area contributed by atoms with Crippen LogP contribution in [0.5, 0.6) is 0 Å². The highest BCUT2D eigenvalue weighted by atomic mass is 79.9. The Morgan fingerprint density at radius 1 is 1.20 bits per heavy atom. The fourth-order valence-corrected chi connectivity index (χ4v) is 2.96. The molecule has 134 valence electrons. The van der Waals surface area contributed by atoms with Crippen molar-refractivity contribution in [2.75, 3.05) is 0 Å². The molecule has 0 aliphatic rings. The zero-order chi connectivity index (χ0) is 18.6. The summed E-state index contributed by atoms with van der Waals surface area (Å²) in [6.45, 7) is 7.88. The lowest BCUT2D eigenvalue weighted by molar-refractivity contribution is 0.0936. The van der Waals surface area contributed by atoms with E-state index in [2.05, 4.69) is 26.6 Å². The number of furan rings is 1. The Bertz CT molecular complexity index is 783. The van der Waals surface area contributed by atoms with Crippen LogP contribution < -0.4 is 10.6 Å². The molecule has 0 fully saturated rings. The molecule has 6 heteroatoms. The van der Waals surface area contributed by atoms with Gasteiger partial charge in [0, 0.05) is 18.2 Å². The standard InChI is InChI=1S/C19H23BrN2O3/c1-5-11(2)22-18(23)15-8-6-7-14(9-15)10-21-19(24)16-12(3)25-13(4)17(16)20/h6-9,11H,5,10H2,1-4H3,(H,21,24)(H,22,23). The third kappa shape index (κ3) is 4.72. The monoisotopic (exact) mass is 406 g/mol. The van der Waals surface area contributed by atoms with Crippen molar-refractivity contribution in [1.29, 1.82) is 0 Å². The summed E-state index contributed by atoms with van der Waals surface area (Å²) in [7, 11) is 0. The van der Waals surface area contributed by atoms with Gasteiger partial charge in [0.1, 0.15) is 11.5 Å². The fourth-order valence-electron chi connectivity index (χ4n) is 2.42. The molecule has 5 nitrogen and oxygen atoms in total. The molecule has 1 atom stereocenters. The van der Waals surface area contributed by atoms with Gasteiger partial charge in [-0.2, -0.15) is 0 Å². The summed E-state index contributed by atoms with van der Waals surface area (Å²) < 4.78 is 6.13. The lowest BCUT2D eigenvalue weighted by Crippen LogP contribution is -2.32. The molecule has 1 heterocycles. The number of benzene rings is 1. The van der Waals surface area contributed by atoms with E-state index in [0.717, 1.165) is 12.0 Å². The van der Waals surface area contributed by atoms with Crippen molar-refractivity contribution < 1.29 is 14.0 Å². The van der Waals surface area contributed by atoms with Crippen LogP contribution in [0, 0.1) is 13.8 Å². The van der Waals surface area contributed by atoms with Gasteiger partial charge in [-0.1, -0.05) is 19.1 Å². The Labute approximate surface area is 156 Å². The number of halogens is 1. The van der Waals surface area contributed by atoms with E-state index in [-0.39, 0.29) is 17.9 Å². The van der Waals surface area contributed by atoms with Crippen molar-refractivity contribution in [2.24, 2.45) is 0 Å². The van der Waals surface area contributed by atoms with Crippen molar-refractivity contribution in [3.8, 4) is 0 Å². The molecule has 1 unspecified atom stereocenters. The molecule has 2 N–H and O–H groups in total. The van der Waals surface area contributed by atoms with E-state index in [9.17, 15) is 9.59 Å². The van der Waals surface area contributed by atoms with Crippen molar-refractivity contribution in [2.45, 2.75) is 46.7 Å². The molecule has 0 aliphatic heterocycles. The smallest absolute Gasteiger partial charge is 0.256 e. The van der Waals surface area contributed by atoms with Crippen LogP contribution in [0.4, 0.5) is 0 Å². The number of carbonyl (C=O) groups excluding carboxylic acids is 2. The lowest BCUT2D eigenvalue weighted by Gasteiger charge is -2.12. The highest BCUT2D eigenvalue weighted by Crippen LogP contribution is 2.27. The zero-order valence-corrected chi connectivity index (χ0v) is 16.5. The van der Waals surface area contributed by atoms with E-state index >= 15 is 0 Å². The largest absolute Gasteiger partial charge is 0.465 e. The van der Waals surface area contributed by atoms with Gasteiger partial charge in [-0.15, -0.1) is 0 Å². The van der Waals surface area contributed by atoms with Crippen LogP contribution in [-0.2, 0) is 6.54 Å². The summed E-state index contributed by atoms with van der Waals surface area (Å²) in [4.78, 5) is 24.6. The molecule has 0 bridgehead atoms. The van der Waals surface area contributed by atoms with E-state index in [1.165, 1.54) is 0 Å². The lowest BCUT2D eigenvalue weighted by atomic mass is 10.1. The van der Waals surface area contributed by atoms with Gasteiger partial charge in [0.15, 0.2) is 0 Å². The Morgan fingerprint density at radius 2 is 1.92 bits per heavy atom. The third-order valence-electron chi connectivity index (χ3n) is 4.05. The van der Waals surface area contributed by atoms with Gasteiger partial charge in [-0.25, -0.2) is 0 Å². The minimum absolute atomic E-state index is 0.105. The van der Waals surface area contributed by atoms with E-state index in [0.29, 0.717) is 33.7 Å². The molecule has 0 spiro atoms. The van der Waals surface area contributed by atoms with Crippen LogP contribution in [0.15, 0.2) is 33.2 Å². The van der Waals surface area contributed by atoms with Gasteiger partial charge in [-0.05, 0) is 60.8 Å². The van der Waals surface area contributed by atoms with Crippen molar-refractivity contribution >= 4 is 27.7 Å². The Balaban J connectivity index is 2.05. The topological polar surface area (TPSA) is 71.3 Å². The molecule has 0 saturated heterocycles. The third-order valence-corrected chi connectivity index (χ3v) is 5.00. The number of nitrogens with one attached hydrogen (secondary N) is 2. The number of hydrogen-bond donors (Lipinski definition) is 2. The average Bonchev–Trinajstić information content (AvgIpc) is 2.85. The summed E-state index contributed by atoms with van der Waals surface area (Å²) in [6.07, 6.45) is 0.875. The van der Waals surface area contributed by atoms with Gasteiger partial charge in [0.2, 0.25) is 0 Å². The molecule has 1 aromatic heterocycles. The van der Waals surface area contributed by atoms with Crippen LogP contribution in [0.2, 0.25) is 0 Å². The maximum absolute atomic E-state index is 12.4. The summed E-state index contributed by atoms with van der Waals surface area (Å²) in [5.74, 6) is 0.928. The van der Waals surface area contributed by atoms with Crippen LogP contribution >= 0.6 is 15.9 Å². The van der Waals surface area contributed by atoms with Gasteiger partial charge >= 0.3 is 0 Å². The van der Waals surface area contributed by atoms with Gasteiger partial charge in [-0.3, -0.25) is 9.59 Å². The molecule has 2 aromatic rings. The van der Waals surface area contributed by atoms with Crippen LogP contribution in [0.3, 0.4) is 0 Å². The zero-order valence-electron chi connectivity index (χ0n) is 14.9. The van der Waals surface area contributed by atoms with Gasteiger partial charge < -0.3 is 15.1 Å². The quantitative estimate of drug-likeness (QED) is 0.757. The number of aryl methyl sites for hydroxylation is 2. The van der Waals surface area contributed by atoms with Gasteiger partial charge in [0.05, 0.1) is 10.0 Å². The maximum Gasteiger partial charge on any atom is 0.256 e. The summed E-state index contributed by atoms with van der Waals surface area (Å²) in [5.41, 5.74) is 1.95. The number of rotatable bonds is 6. The summed E-state index contributed by atoms with van der Waals surface area (Å²) in [6, 6.07) is 7.38. The van der Waals surface area contributed by atoms with E-state index in [1.807, 2.05) is 26.0 Å². The summed E-state index contributed by atoms with van der Waals surface area (Å²) in [5, 5.41) is 5.80. The minimum Gasteiger partial charge on any atom is -0.465 e. The predicted octanol–water partition coefficient (Wildman–Crippen LogP) is 4.12. The number of hydrogen-bond acceptors (Lipinski definition) is 3. The fraction of sp³-hybridized carbons (Fsp3) is 0.368. The van der Waals surface area contributed by atoms with Crippen molar-refractivity contribution in [1.82, 2.24) is 10.6 Å². The molecule has 2 amide bonds. The molecular weight excluding hydrogens is 384 g/mol. The highest BCUT2D eigenvalue weighted by Gasteiger charge is 2.19. The van der Waals surface area contributed by atoms with E-state index < -0.39 is 0 Å². The molecule has 1 aromatic carbocycles. The second-order valence-corrected chi connectivity index (χ2v) is 6.86. The van der Waals surface area contributed by atoms with E-state index in [1.54, 1.807) is 26.0 Å². The predicted molar refractivity (Wildman–Crippen MR) is 101 cm³/mol. The molecule has 2 rings (SSSR count). The molecule has 0 aliphatic carbocycles. The van der Waals surface area contributed by atoms with Crippen LogP contribution in [-0.4, -0.2) is 17.9 Å². The minimum atomic E-state index is -0.212. The Morgan fingerprint density at radius 3 is 2.52 bits per heavy atom. The average molecular weight is 407 g/mol. The summed E-state index contributed by atoms with van der Waals surface area (Å²) >= 11 is 3.38. The first-order valence-corrected chi connectivity index (χ1v) is 9.06. The molecular formula is C19H23BrN2O3. The van der Waals surface area contributed by atoms with Crippen molar-refractivity contribution in [3.63, 3.8) is 0 Å². The van der Waals surface area contributed by atoms with Crippen molar-refractivity contribution in [3.05, 3.63) is 56.9 Å². The second-order valence-electron chi connectivity index (χ2n) is 6.07. The number of amides is 2. The second kappa shape index (κ2) is 8.34. The van der Waals surface area contributed by atoms with E-state index in [4.69, 9.17) is 4.42 Å². The van der Waals surface area contributed by atoms with Gasteiger partial charge in [0.25, 0.3) is 11.8 Å².